The molecular weight excluding hydrogens is 547 g/mol. The third-order valence-electron chi connectivity index (χ3n) is 7.83. The summed E-state index contributed by atoms with van der Waals surface area (Å²) in [6.07, 6.45) is 7.37. The zero-order valence-corrected chi connectivity index (χ0v) is 23.8. The second-order valence-corrected chi connectivity index (χ2v) is 10.7. The number of ether oxygens (including phenoxy) is 1. The van der Waals surface area contributed by atoms with Crippen molar-refractivity contribution in [3.05, 3.63) is 173 Å². The number of hydrogen-bond donors (Lipinski definition) is 1. The van der Waals surface area contributed by atoms with E-state index in [0.29, 0.717) is 23.2 Å². The Balaban J connectivity index is 1.47. The van der Waals surface area contributed by atoms with Crippen LogP contribution >= 0.6 is 0 Å². The van der Waals surface area contributed by atoms with Crippen LogP contribution in [0.1, 0.15) is 33.9 Å². The Morgan fingerprint density at radius 2 is 1.36 bits per heavy atom. The lowest BCUT2D eigenvalue weighted by Gasteiger charge is -2.22. The second kappa shape index (κ2) is 11.9. The standard InChI is InChI=1S/C39H29FN2O2/c40-31-21-18-28(19-22-31)25-42-26-34-32(23-20-27-11-4-1-5-12-27)33-17-10-24-41-36(33)38(35(34)39(42)43)44-37(29-13-6-2-7-14-29)30-15-8-3-9-16-30/h1-24,26,37,43H,25H2. The van der Waals surface area contributed by atoms with Gasteiger partial charge in [-0.05, 0) is 46.0 Å². The zero-order valence-electron chi connectivity index (χ0n) is 23.8. The Bertz CT molecular complexity index is 2030. The Morgan fingerprint density at radius 1 is 0.727 bits per heavy atom. The van der Waals surface area contributed by atoms with Crippen molar-refractivity contribution >= 4 is 33.8 Å². The topological polar surface area (TPSA) is 47.3 Å². The number of halogens is 1. The van der Waals surface area contributed by atoms with E-state index in [1.54, 1.807) is 22.9 Å². The van der Waals surface area contributed by atoms with E-state index in [-0.39, 0.29) is 11.7 Å². The van der Waals surface area contributed by atoms with E-state index in [1.165, 1.54) is 12.1 Å². The van der Waals surface area contributed by atoms with Gasteiger partial charge in [0.15, 0.2) is 5.75 Å². The second-order valence-electron chi connectivity index (χ2n) is 10.7. The van der Waals surface area contributed by atoms with E-state index >= 15 is 0 Å². The van der Waals surface area contributed by atoms with Gasteiger partial charge in [0, 0.05) is 23.2 Å². The lowest BCUT2D eigenvalue weighted by molar-refractivity contribution is 0.252. The number of rotatable bonds is 8. The Labute approximate surface area is 255 Å². The zero-order chi connectivity index (χ0) is 29.9. The smallest absolute Gasteiger partial charge is 0.203 e. The van der Waals surface area contributed by atoms with Crippen LogP contribution in [0.15, 0.2) is 140 Å². The summed E-state index contributed by atoms with van der Waals surface area (Å²) in [5.74, 6) is 0.256. The van der Waals surface area contributed by atoms with Crippen LogP contribution in [-0.4, -0.2) is 14.7 Å². The first-order valence-electron chi connectivity index (χ1n) is 14.5. The molecule has 2 aromatic heterocycles. The number of benzene rings is 5. The van der Waals surface area contributed by atoms with Crippen molar-refractivity contribution < 1.29 is 14.2 Å². The highest BCUT2D eigenvalue weighted by molar-refractivity contribution is 6.13. The molecule has 4 nitrogen and oxygen atoms in total. The Hall–Kier alpha value is -5.68. The van der Waals surface area contributed by atoms with Gasteiger partial charge in [0.05, 0.1) is 11.9 Å². The lowest BCUT2D eigenvalue weighted by atomic mass is 9.98. The molecule has 7 aromatic rings. The van der Waals surface area contributed by atoms with E-state index in [1.807, 2.05) is 109 Å². The maximum atomic E-state index is 13.7. The van der Waals surface area contributed by atoms with Crippen LogP contribution in [0.5, 0.6) is 11.6 Å². The summed E-state index contributed by atoms with van der Waals surface area (Å²) in [4.78, 5) is 4.81. The molecule has 2 heterocycles. The fraction of sp³-hybridized carbons (Fsp3) is 0.0513. The number of hydrogen-bond acceptors (Lipinski definition) is 3. The normalized spacial score (nSPS) is 11.6. The minimum Gasteiger partial charge on any atom is -0.494 e. The van der Waals surface area contributed by atoms with Gasteiger partial charge in [-0.1, -0.05) is 121 Å². The van der Waals surface area contributed by atoms with Crippen LogP contribution < -0.4 is 4.74 Å². The number of aromatic nitrogens is 2. The molecule has 0 radical (unpaired) electrons. The maximum absolute atomic E-state index is 13.7. The summed E-state index contributed by atoms with van der Waals surface area (Å²) >= 11 is 0. The van der Waals surface area contributed by atoms with Gasteiger partial charge >= 0.3 is 0 Å². The van der Waals surface area contributed by atoms with Gasteiger partial charge in [-0.3, -0.25) is 4.98 Å². The largest absolute Gasteiger partial charge is 0.494 e. The molecule has 0 bridgehead atoms. The molecular formula is C39H29FN2O2. The van der Waals surface area contributed by atoms with Gasteiger partial charge in [0.1, 0.15) is 17.4 Å². The summed E-state index contributed by atoms with van der Waals surface area (Å²) < 4.78 is 22.4. The first-order chi connectivity index (χ1) is 21.7. The molecule has 0 atom stereocenters. The number of fused-ring (bicyclic) bond motifs is 2. The summed E-state index contributed by atoms with van der Waals surface area (Å²) in [6.45, 7) is 0.354. The average molecular weight is 577 g/mol. The van der Waals surface area contributed by atoms with Crippen molar-refractivity contribution in [3.8, 4) is 11.6 Å². The maximum Gasteiger partial charge on any atom is 0.203 e. The molecule has 0 aliphatic heterocycles. The first kappa shape index (κ1) is 27.2. The van der Waals surface area contributed by atoms with E-state index in [9.17, 15) is 9.50 Å². The number of aromatic hydroxyl groups is 1. The molecule has 0 spiro atoms. The van der Waals surface area contributed by atoms with Gasteiger partial charge in [0.25, 0.3) is 0 Å². The van der Waals surface area contributed by atoms with E-state index in [4.69, 9.17) is 9.72 Å². The van der Waals surface area contributed by atoms with Gasteiger partial charge in [-0.25, -0.2) is 4.39 Å². The van der Waals surface area contributed by atoms with Crippen molar-refractivity contribution in [2.75, 3.05) is 0 Å². The molecule has 44 heavy (non-hydrogen) atoms. The van der Waals surface area contributed by atoms with Crippen LogP contribution in [0.2, 0.25) is 0 Å². The lowest BCUT2D eigenvalue weighted by Crippen LogP contribution is -2.10. The van der Waals surface area contributed by atoms with Crippen molar-refractivity contribution in [3.63, 3.8) is 0 Å². The van der Waals surface area contributed by atoms with Crippen molar-refractivity contribution in [1.29, 1.82) is 0 Å². The molecule has 0 aliphatic rings. The first-order valence-corrected chi connectivity index (χ1v) is 14.5. The molecule has 5 heteroatoms. The molecule has 0 fully saturated rings. The van der Waals surface area contributed by atoms with Gasteiger partial charge in [-0.2, -0.15) is 0 Å². The summed E-state index contributed by atoms with van der Waals surface area (Å²) in [5, 5.41) is 14.2. The fourth-order valence-electron chi connectivity index (χ4n) is 5.69. The van der Waals surface area contributed by atoms with Gasteiger partial charge < -0.3 is 14.4 Å². The van der Waals surface area contributed by atoms with Crippen molar-refractivity contribution in [1.82, 2.24) is 9.55 Å². The predicted molar refractivity (Wildman–Crippen MR) is 175 cm³/mol. The summed E-state index contributed by atoms with van der Waals surface area (Å²) in [5.41, 5.74) is 5.45. The molecule has 0 unspecified atom stereocenters. The quantitative estimate of drug-likeness (QED) is 0.183. The number of pyridine rings is 1. The minimum absolute atomic E-state index is 0.0566. The van der Waals surface area contributed by atoms with E-state index in [2.05, 4.69) is 12.2 Å². The van der Waals surface area contributed by atoms with Crippen molar-refractivity contribution in [2.45, 2.75) is 12.6 Å². The molecule has 214 valence electrons. The third-order valence-corrected chi connectivity index (χ3v) is 7.83. The highest BCUT2D eigenvalue weighted by Gasteiger charge is 2.25. The highest BCUT2D eigenvalue weighted by Crippen LogP contribution is 2.46. The monoisotopic (exact) mass is 576 g/mol. The summed E-state index contributed by atoms with van der Waals surface area (Å²) in [7, 11) is 0. The highest BCUT2D eigenvalue weighted by atomic mass is 19.1. The SMILES string of the molecule is Oc1c2c(OC(c3ccccc3)c3ccccc3)c3ncccc3c(C=Cc3ccccc3)c2cn1Cc1ccc(F)cc1. The van der Waals surface area contributed by atoms with Crippen LogP contribution in [0.25, 0.3) is 33.8 Å². The van der Waals surface area contributed by atoms with Gasteiger partial charge in [0.2, 0.25) is 5.88 Å². The summed E-state index contributed by atoms with van der Waals surface area (Å²) in [6, 6.07) is 40.5. The van der Waals surface area contributed by atoms with Crippen LogP contribution in [-0.2, 0) is 6.54 Å². The molecule has 0 saturated heterocycles. The van der Waals surface area contributed by atoms with Gasteiger partial charge in [-0.15, -0.1) is 0 Å². The Morgan fingerprint density at radius 3 is 2.02 bits per heavy atom. The molecule has 7 rings (SSSR count). The van der Waals surface area contributed by atoms with Crippen LogP contribution in [0, 0.1) is 5.82 Å². The van der Waals surface area contributed by atoms with Crippen LogP contribution in [0.3, 0.4) is 0 Å². The van der Waals surface area contributed by atoms with E-state index in [0.717, 1.165) is 38.6 Å². The Kier molecular flexibility index (Phi) is 7.35. The van der Waals surface area contributed by atoms with Crippen molar-refractivity contribution in [2.24, 2.45) is 0 Å². The molecule has 0 aliphatic carbocycles. The molecule has 0 amide bonds. The molecule has 5 aromatic carbocycles. The van der Waals surface area contributed by atoms with E-state index < -0.39 is 6.10 Å². The molecule has 1 N–H and O–H groups in total. The molecule has 0 saturated carbocycles. The minimum atomic E-state index is -0.448. The predicted octanol–water partition coefficient (Wildman–Crippen LogP) is 9.42. The third kappa shape index (κ3) is 5.32. The van der Waals surface area contributed by atoms with Crippen LogP contribution in [0.4, 0.5) is 4.39 Å². The fourth-order valence-corrected chi connectivity index (χ4v) is 5.69. The number of nitrogens with zero attached hydrogens (tertiary/aromatic N) is 2. The average Bonchev–Trinajstić information content (AvgIpc) is 3.40.